The number of halogens is 1. The third-order valence-electron chi connectivity index (χ3n) is 3.62. The summed E-state index contributed by atoms with van der Waals surface area (Å²) in [6.45, 7) is 4.01. The van der Waals surface area contributed by atoms with E-state index in [2.05, 4.69) is 0 Å². The molecule has 21 heavy (non-hydrogen) atoms. The highest BCUT2D eigenvalue weighted by molar-refractivity contribution is 8.01. The van der Waals surface area contributed by atoms with E-state index in [4.69, 9.17) is 11.6 Å². The molecule has 2 aromatic rings. The van der Waals surface area contributed by atoms with Crippen molar-refractivity contribution in [1.29, 1.82) is 0 Å². The van der Waals surface area contributed by atoms with Gasteiger partial charge in [-0.2, -0.15) is 0 Å². The number of anilines is 1. The summed E-state index contributed by atoms with van der Waals surface area (Å²) in [7, 11) is 0. The van der Waals surface area contributed by atoms with Crippen molar-refractivity contribution in [2.24, 2.45) is 0 Å². The van der Waals surface area contributed by atoms with Gasteiger partial charge in [-0.1, -0.05) is 41.4 Å². The lowest BCUT2D eigenvalue weighted by Gasteiger charge is -2.24. The lowest BCUT2D eigenvalue weighted by atomic mass is 10.1. The van der Waals surface area contributed by atoms with Crippen LogP contribution in [0.3, 0.4) is 0 Å². The first-order chi connectivity index (χ1) is 10.1. The fourth-order valence-corrected chi connectivity index (χ4v) is 3.85. The van der Waals surface area contributed by atoms with Gasteiger partial charge in [-0.25, -0.2) is 0 Å². The molecule has 1 aliphatic rings. The van der Waals surface area contributed by atoms with Crippen LogP contribution in [0.15, 0.2) is 48.5 Å². The molecule has 2 unspecified atom stereocenters. The van der Waals surface area contributed by atoms with Gasteiger partial charge < -0.3 is 0 Å². The highest BCUT2D eigenvalue weighted by Crippen LogP contribution is 2.45. The third kappa shape index (κ3) is 2.81. The lowest BCUT2D eigenvalue weighted by molar-refractivity contribution is -0.117. The summed E-state index contributed by atoms with van der Waals surface area (Å²) < 4.78 is 0. The maximum Gasteiger partial charge on any atom is 0.241 e. The number of aryl methyl sites for hydroxylation is 1. The molecule has 2 atom stereocenters. The molecule has 0 N–H and O–H groups in total. The first-order valence-electron chi connectivity index (χ1n) is 6.87. The molecule has 2 nitrogen and oxygen atoms in total. The third-order valence-corrected chi connectivity index (χ3v) is 5.22. The van der Waals surface area contributed by atoms with Gasteiger partial charge in [-0.15, -0.1) is 11.8 Å². The van der Waals surface area contributed by atoms with E-state index in [1.165, 1.54) is 5.56 Å². The topological polar surface area (TPSA) is 20.3 Å². The quantitative estimate of drug-likeness (QED) is 0.791. The van der Waals surface area contributed by atoms with Gasteiger partial charge >= 0.3 is 0 Å². The van der Waals surface area contributed by atoms with Crippen LogP contribution in [-0.2, 0) is 4.79 Å². The van der Waals surface area contributed by atoms with Crippen LogP contribution in [0, 0.1) is 6.92 Å². The number of carbonyl (C=O) groups excluding carboxylic acids is 1. The molecular weight excluding hydrogens is 302 g/mol. The minimum atomic E-state index is -0.0352. The molecule has 0 aliphatic carbocycles. The number of hydrogen-bond donors (Lipinski definition) is 0. The Labute approximate surface area is 134 Å². The van der Waals surface area contributed by atoms with E-state index in [1.54, 1.807) is 11.8 Å². The molecule has 4 heteroatoms. The van der Waals surface area contributed by atoms with Crippen LogP contribution in [0.1, 0.15) is 23.4 Å². The Kier molecular flexibility index (Phi) is 3.96. The standard InChI is InChI=1S/C17H16ClNOS/c1-11-3-9-15(10-4-11)19-16(20)12(2)21-17(19)13-5-7-14(18)8-6-13/h3-10,12,17H,1-2H3. The first-order valence-corrected chi connectivity index (χ1v) is 8.19. The van der Waals surface area contributed by atoms with E-state index in [1.807, 2.05) is 67.3 Å². The summed E-state index contributed by atoms with van der Waals surface area (Å²) in [4.78, 5) is 14.4. The van der Waals surface area contributed by atoms with E-state index in [9.17, 15) is 4.79 Å². The molecule has 0 aromatic heterocycles. The maximum absolute atomic E-state index is 12.5. The molecule has 0 saturated carbocycles. The highest BCUT2D eigenvalue weighted by atomic mass is 35.5. The fourth-order valence-electron chi connectivity index (χ4n) is 2.45. The molecule has 1 fully saturated rings. The fraction of sp³-hybridized carbons (Fsp3) is 0.235. The van der Waals surface area contributed by atoms with Crippen molar-refractivity contribution in [3.05, 3.63) is 64.7 Å². The normalized spacial score (nSPS) is 21.9. The summed E-state index contributed by atoms with van der Waals surface area (Å²) in [6, 6.07) is 15.8. The number of benzene rings is 2. The predicted octanol–water partition coefficient (Wildman–Crippen LogP) is 4.82. The average molecular weight is 318 g/mol. The van der Waals surface area contributed by atoms with Crippen molar-refractivity contribution in [3.8, 4) is 0 Å². The van der Waals surface area contributed by atoms with Gasteiger partial charge in [0.15, 0.2) is 0 Å². The van der Waals surface area contributed by atoms with Gasteiger partial charge in [0.2, 0.25) is 5.91 Å². The predicted molar refractivity (Wildman–Crippen MR) is 89.9 cm³/mol. The molecule has 0 radical (unpaired) electrons. The molecule has 1 saturated heterocycles. The van der Waals surface area contributed by atoms with Crippen molar-refractivity contribution < 1.29 is 4.79 Å². The number of nitrogens with zero attached hydrogens (tertiary/aromatic N) is 1. The molecule has 1 amide bonds. The van der Waals surface area contributed by atoms with E-state index in [-0.39, 0.29) is 16.5 Å². The molecule has 2 aromatic carbocycles. The summed E-state index contributed by atoms with van der Waals surface area (Å²) in [5.74, 6) is 0.156. The Morgan fingerprint density at radius 2 is 1.67 bits per heavy atom. The number of thioether (sulfide) groups is 1. The van der Waals surface area contributed by atoms with Crippen LogP contribution in [0.2, 0.25) is 5.02 Å². The van der Waals surface area contributed by atoms with Crippen LogP contribution in [0.25, 0.3) is 0 Å². The van der Waals surface area contributed by atoms with Gasteiger partial charge in [-0.3, -0.25) is 9.69 Å². The number of amides is 1. The second kappa shape index (κ2) is 5.74. The Balaban J connectivity index is 2.00. The minimum absolute atomic E-state index is 0.00692. The Morgan fingerprint density at radius 1 is 1.05 bits per heavy atom. The Hall–Kier alpha value is -1.45. The lowest BCUT2D eigenvalue weighted by Crippen LogP contribution is -2.30. The number of carbonyl (C=O) groups is 1. The zero-order valence-corrected chi connectivity index (χ0v) is 13.5. The molecule has 1 heterocycles. The summed E-state index contributed by atoms with van der Waals surface area (Å²) >= 11 is 7.63. The summed E-state index contributed by atoms with van der Waals surface area (Å²) in [5, 5.41) is 0.683. The van der Waals surface area contributed by atoms with Crippen molar-refractivity contribution in [2.75, 3.05) is 4.90 Å². The summed E-state index contributed by atoms with van der Waals surface area (Å²) in [6.07, 6.45) is 0. The molecule has 0 bridgehead atoms. The molecular formula is C17H16ClNOS. The smallest absolute Gasteiger partial charge is 0.241 e. The van der Waals surface area contributed by atoms with E-state index >= 15 is 0 Å². The molecule has 108 valence electrons. The average Bonchev–Trinajstić information content (AvgIpc) is 2.77. The number of hydrogen-bond acceptors (Lipinski definition) is 2. The molecule has 3 rings (SSSR count). The van der Waals surface area contributed by atoms with Crippen LogP contribution < -0.4 is 4.90 Å². The zero-order valence-electron chi connectivity index (χ0n) is 11.9. The first kappa shape index (κ1) is 14.5. The van der Waals surface area contributed by atoms with Crippen LogP contribution >= 0.6 is 23.4 Å². The minimum Gasteiger partial charge on any atom is -0.295 e. The van der Waals surface area contributed by atoms with Gasteiger partial charge in [0.1, 0.15) is 5.37 Å². The van der Waals surface area contributed by atoms with Crippen LogP contribution in [0.5, 0.6) is 0 Å². The van der Waals surface area contributed by atoms with Gasteiger partial charge in [0.25, 0.3) is 0 Å². The van der Waals surface area contributed by atoms with E-state index < -0.39 is 0 Å². The zero-order chi connectivity index (χ0) is 15.0. The van der Waals surface area contributed by atoms with E-state index in [0.717, 1.165) is 11.3 Å². The Morgan fingerprint density at radius 3 is 2.29 bits per heavy atom. The largest absolute Gasteiger partial charge is 0.295 e. The van der Waals surface area contributed by atoms with Gasteiger partial charge in [-0.05, 0) is 43.7 Å². The molecule has 1 aliphatic heterocycles. The van der Waals surface area contributed by atoms with Crippen molar-refractivity contribution in [1.82, 2.24) is 0 Å². The monoisotopic (exact) mass is 317 g/mol. The summed E-state index contributed by atoms with van der Waals surface area (Å²) in [5.41, 5.74) is 3.24. The van der Waals surface area contributed by atoms with Gasteiger partial charge in [0.05, 0.1) is 5.25 Å². The second-order valence-corrected chi connectivity index (χ2v) is 7.09. The van der Waals surface area contributed by atoms with Crippen molar-refractivity contribution in [3.63, 3.8) is 0 Å². The highest BCUT2D eigenvalue weighted by Gasteiger charge is 2.39. The molecule has 0 spiro atoms. The van der Waals surface area contributed by atoms with Crippen molar-refractivity contribution >= 4 is 35.0 Å². The van der Waals surface area contributed by atoms with Gasteiger partial charge in [0, 0.05) is 10.7 Å². The van der Waals surface area contributed by atoms with Crippen LogP contribution in [-0.4, -0.2) is 11.2 Å². The van der Waals surface area contributed by atoms with Crippen molar-refractivity contribution in [2.45, 2.75) is 24.5 Å². The van der Waals surface area contributed by atoms with E-state index in [0.29, 0.717) is 5.02 Å². The Bertz CT molecular complexity index is 653. The van der Waals surface area contributed by atoms with Crippen LogP contribution in [0.4, 0.5) is 5.69 Å². The number of rotatable bonds is 2. The second-order valence-electron chi connectivity index (χ2n) is 5.23. The SMILES string of the molecule is Cc1ccc(N2C(=O)C(C)SC2c2ccc(Cl)cc2)cc1. The maximum atomic E-state index is 12.5.